The first-order valence-electron chi connectivity index (χ1n) is 8.00. The Hall–Kier alpha value is -0.590. The molecule has 0 saturated heterocycles. The normalized spacial score (nSPS) is 27.8. The molecule has 1 aliphatic carbocycles. The Morgan fingerprint density at radius 1 is 0.833 bits per heavy atom. The van der Waals surface area contributed by atoms with E-state index in [1.54, 1.807) is 0 Å². The Morgan fingerprint density at radius 3 is 1.94 bits per heavy atom. The number of hydrogen-bond donors (Lipinski definition) is 0. The Morgan fingerprint density at radius 2 is 1.33 bits per heavy atom. The molecule has 1 unspecified atom stereocenters. The summed E-state index contributed by atoms with van der Waals surface area (Å²) in [5.74, 6) is 0.899. The van der Waals surface area contributed by atoms with Gasteiger partial charge in [0.25, 0.3) is 0 Å². The van der Waals surface area contributed by atoms with E-state index in [1.165, 1.54) is 64.2 Å². The summed E-state index contributed by atoms with van der Waals surface area (Å²) in [7, 11) is 0. The van der Waals surface area contributed by atoms with Crippen molar-refractivity contribution in [1.82, 2.24) is 0 Å². The van der Waals surface area contributed by atoms with Crippen molar-refractivity contribution in [2.75, 3.05) is 0 Å². The van der Waals surface area contributed by atoms with Crippen molar-refractivity contribution in [3.8, 4) is 0 Å². The second-order valence-corrected chi connectivity index (χ2v) is 5.88. The van der Waals surface area contributed by atoms with Crippen molar-refractivity contribution >= 4 is 5.78 Å². The molecular formula is C17H30O. The fraction of sp³-hybridized carbons (Fsp3) is 0.824. The second-order valence-electron chi connectivity index (χ2n) is 5.88. The zero-order valence-electron chi connectivity index (χ0n) is 12.1. The quantitative estimate of drug-likeness (QED) is 0.559. The smallest absolute Gasteiger partial charge is 0.155 e. The summed E-state index contributed by atoms with van der Waals surface area (Å²) in [5.41, 5.74) is 0. The fourth-order valence-electron chi connectivity index (χ4n) is 2.63. The summed E-state index contributed by atoms with van der Waals surface area (Å²) in [5, 5.41) is 0. The fourth-order valence-corrected chi connectivity index (χ4v) is 2.63. The van der Waals surface area contributed by atoms with Crippen LogP contribution in [-0.4, -0.2) is 5.78 Å². The van der Waals surface area contributed by atoms with Gasteiger partial charge in [-0.1, -0.05) is 70.8 Å². The minimum absolute atomic E-state index is 0.328. The minimum atomic E-state index is 0.328. The van der Waals surface area contributed by atoms with Gasteiger partial charge in [-0.2, -0.15) is 0 Å². The molecule has 1 rings (SSSR count). The van der Waals surface area contributed by atoms with Crippen LogP contribution in [0.1, 0.15) is 84.0 Å². The zero-order chi connectivity index (χ0) is 13.1. The molecule has 0 aromatic carbocycles. The lowest BCUT2D eigenvalue weighted by molar-refractivity contribution is -0.114. The molecule has 18 heavy (non-hydrogen) atoms. The van der Waals surface area contributed by atoms with Crippen LogP contribution in [0.15, 0.2) is 12.2 Å². The molecule has 1 aliphatic rings. The van der Waals surface area contributed by atoms with Crippen LogP contribution >= 0.6 is 0 Å². The molecule has 0 saturated carbocycles. The number of rotatable bonds is 0. The van der Waals surface area contributed by atoms with Gasteiger partial charge in [-0.15, -0.1) is 0 Å². The standard InChI is InChI=1S/C17H30O/c1-16-12-10-8-6-4-2-3-5-7-9-11-13-17(18)15-14-16/h14-16H,2-13H2,1H3/b15-14+. The first-order valence-corrected chi connectivity index (χ1v) is 8.00. The van der Waals surface area contributed by atoms with Crippen molar-refractivity contribution in [2.24, 2.45) is 5.92 Å². The number of carbonyl (C=O) groups is 1. The van der Waals surface area contributed by atoms with Gasteiger partial charge >= 0.3 is 0 Å². The Labute approximate surface area is 113 Å². The van der Waals surface area contributed by atoms with E-state index < -0.39 is 0 Å². The maximum Gasteiger partial charge on any atom is 0.155 e. The van der Waals surface area contributed by atoms with E-state index >= 15 is 0 Å². The number of hydrogen-bond acceptors (Lipinski definition) is 1. The van der Waals surface area contributed by atoms with Crippen LogP contribution in [0.3, 0.4) is 0 Å². The second kappa shape index (κ2) is 10.3. The molecule has 0 N–H and O–H groups in total. The van der Waals surface area contributed by atoms with Gasteiger partial charge in [0.1, 0.15) is 0 Å². The van der Waals surface area contributed by atoms with E-state index in [2.05, 4.69) is 13.0 Å². The third-order valence-electron chi connectivity index (χ3n) is 3.94. The number of carbonyl (C=O) groups excluding carboxylic acids is 1. The van der Waals surface area contributed by atoms with Crippen LogP contribution in [0.5, 0.6) is 0 Å². The van der Waals surface area contributed by atoms with Crippen LogP contribution in [0.4, 0.5) is 0 Å². The zero-order valence-corrected chi connectivity index (χ0v) is 12.1. The highest BCUT2D eigenvalue weighted by molar-refractivity contribution is 5.89. The van der Waals surface area contributed by atoms with Crippen molar-refractivity contribution in [3.05, 3.63) is 12.2 Å². The van der Waals surface area contributed by atoms with E-state index in [4.69, 9.17) is 0 Å². The molecular weight excluding hydrogens is 220 g/mol. The Balaban J connectivity index is 2.30. The average Bonchev–Trinajstić information content (AvgIpc) is 2.36. The van der Waals surface area contributed by atoms with E-state index in [9.17, 15) is 4.79 Å². The average molecular weight is 250 g/mol. The molecule has 0 aliphatic heterocycles. The third-order valence-corrected chi connectivity index (χ3v) is 3.94. The van der Waals surface area contributed by atoms with Gasteiger partial charge in [0.15, 0.2) is 5.78 Å². The van der Waals surface area contributed by atoms with Crippen LogP contribution in [0, 0.1) is 5.92 Å². The molecule has 104 valence electrons. The summed E-state index contributed by atoms with van der Waals surface area (Å²) in [6.07, 6.45) is 19.2. The Bertz CT molecular complexity index is 242. The van der Waals surface area contributed by atoms with E-state index in [1.807, 2.05) is 6.08 Å². The molecule has 0 aromatic heterocycles. The highest BCUT2D eigenvalue weighted by Gasteiger charge is 2.01. The lowest BCUT2D eigenvalue weighted by atomic mass is 9.99. The highest BCUT2D eigenvalue weighted by Crippen LogP contribution is 2.15. The number of ketones is 1. The van der Waals surface area contributed by atoms with E-state index in [0.717, 1.165) is 12.8 Å². The molecule has 1 nitrogen and oxygen atoms in total. The first-order chi connectivity index (χ1) is 8.79. The highest BCUT2D eigenvalue weighted by atomic mass is 16.1. The summed E-state index contributed by atoms with van der Waals surface area (Å²) in [6.45, 7) is 2.23. The van der Waals surface area contributed by atoms with Gasteiger partial charge in [0.2, 0.25) is 0 Å². The lowest BCUT2D eigenvalue weighted by Crippen LogP contribution is -1.96. The minimum Gasteiger partial charge on any atom is -0.295 e. The Kier molecular flexibility index (Phi) is 8.89. The van der Waals surface area contributed by atoms with E-state index in [0.29, 0.717) is 11.7 Å². The number of allylic oxidation sites excluding steroid dienone is 2. The van der Waals surface area contributed by atoms with Crippen molar-refractivity contribution < 1.29 is 4.79 Å². The van der Waals surface area contributed by atoms with Gasteiger partial charge in [-0.05, 0) is 24.8 Å². The molecule has 0 radical (unpaired) electrons. The molecule has 0 heterocycles. The summed E-state index contributed by atoms with van der Waals surface area (Å²) >= 11 is 0. The molecule has 1 atom stereocenters. The summed E-state index contributed by atoms with van der Waals surface area (Å²) in [4.78, 5) is 11.6. The van der Waals surface area contributed by atoms with Crippen molar-refractivity contribution in [2.45, 2.75) is 84.0 Å². The lowest BCUT2D eigenvalue weighted by Gasteiger charge is -2.07. The van der Waals surface area contributed by atoms with Crippen LogP contribution in [0.2, 0.25) is 0 Å². The van der Waals surface area contributed by atoms with Gasteiger partial charge in [0, 0.05) is 6.42 Å². The third kappa shape index (κ3) is 8.49. The predicted octanol–water partition coefficient (Wildman–Crippen LogP) is 5.44. The summed E-state index contributed by atoms with van der Waals surface area (Å²) < 4.78 is 0. The van der Waals surface area contributed by atoms with Crippen molar-refractivity contribution in [3.63, 3.8) is 0 Å². The largest absolute Gasteiger partial charge is 0.295 e. The molecule has 0 fully saturated rings. The van der Waals surface area contributed by atoms with Gasteiger partial charge in [-0.3, -0.25) is 4.79 Å². The van der Waals surface area contributed by atoms with Crippen molar-refractivity contribution in [1.29, 1.82) is 0 Å². The van der Waals surface area contributed by atoms with Crippen LogP contribution in [0.25, 0.3) is 0 Å². The maximum absolute atomic E-state index is 11.6. The molecule has 0 spiro atoms. The molecule has 0 bridgehead atoms. The monoisotopic (exact) mass is 250 g/mol. The summed E-state index contributed by atoms with van der Waals surface area (Å²) in [6, 6.07) is 0. The molecule has 1 heteroatoms. The molecule has 0 aromatic rings. The molecule has 0 amide bonds. The van der Waals surface area contributed by atoms with Gasteiger partial charge in [-0.25, -0.2) is 0 Å². The first kappa shape index (κ1) is 15.5. The topological polar surface area (TPSA) is 17.1 Å². The van der Waals surface area contributed by atoms with Crippen LogP contribution < -0.4 is 0 Å². The van der Waals surface area contributed by atoms with Gasteiger partial charge < -0.3 is 0 Å². The maximum atomic E-state index is 11.6. The predicted molar refractivity (Wildman–Crippen MR) is 78.7 cm³/mol. The van der Waals surface area contributed by atoms with Gasteiger partial charge in [0.05, 0.1) is 0 Å². The van der Waals surface area contributed by atoms with Crippen LogP contribution in [-0.2, 0) is 4.79 Å². The van der Waals surface area contributed by atoms with E-state index in [-0.39, 0.29) is 0 Å². The SMILES string of the molecule is CC1/C=C/C(=O)CCCCCCCCCCCC1.